The van der Waals surface area contributed by atoms with Crippen LogP contribution in [0.25, 0.3) is 16.8 Å². The van der Waals surface area contributed by atoms with Gasteiger partial charge in [0.05, 0.1) is 48.2 Å². The first kappa shape index (κ1) is 16.0. The van der Waals surface area contributed by atoms with Gasteiger partial charge in [0, 0.05) is 24.7 Å². The minimum Gasteiger partial charge on any atom is -0.492 e. The van der Waals surface area contributed by atoms with E-state index in [1.165, 1.54) is 0 Å². The molecular formula is C19H19N7O. The van der Waals surface area contributed by atoms with Gasteiger partial charge in [-0.15, -0.1) is 0 Å². The van der Waals surface area contributed by atoms with Crippen molar-refractivity contribution >= 4 is 11.3 Å². The highest BCUT2D eigenvalue weighted by Gasteiger charge is 2.53. The van der Waals surface area contributed by atoms with Crippen molar-refractivity contribution in [2.75, 3.05) is 24.6 Å². The van der Waals surface area contributed by atoms with Crippen molar-refractivity contribution in [1.29, 1.82) is 5.26 Å². The van der Waals surface area contributed by atoms with Crippen LogP contribution >= 0.6 is 0 Å². The quantitative estimate of drug-likeness (QED) is 0.750. The molecule has 2 atom stereocenters. The molecule has 0 amide bonds. The number of pyridine rings is 1. The normalized spacial score (nSPS) is 23.3. The van der Waals surface area contributed by atoms with Gasteiger partial charge in [-0.1, -0.05) is 0 Å². The Morgan fingerprint density at radius 3 is 2.74 bits per heavy atom. The summed E-state index contributed by atoms with van der Waals surface area (Å²) in [5.74, 6) is 2.73. The monoisotopic (exact) mass is 361 g/mol. The summed E-state index contributed by atoms with van der Waals surface area (Å²) in [5.41, 5.74) is 8.67. The zero-order valence-electron chi connectivity index (χ0n) is 14.9. The lowest BCUT2D eigenvalue weighted by Gasteiger charge is -2.19. The Hall–Kier alpha value is -3.18. The van der Waals surface area contributed by atoms with Gasteiger partial charge in [0.1, 0.15) is 17.6 Å². The third-order valence-corrected chi connectivity index (χ3v) is 5.52. The van der Waals surface area contributed by atoms with Crippen molar-refractivity contribution in [2.24, 2.45) is 17.6 Å². The number of nitrogens with zero attached hydrogens (tertiary/aromatic N) is 6. The third-order valence-electron chi connectivity index (χ3n) is 5.52. The van der Waals surface area contributed by atoms with Crippen molar-refractivity contribution in [3.05, 3.63) is 36.4 Å². The lowest BCUT2D eigenvalue weighted by Crippen LogP contribution is -2.28. The maximum absolute atomic E-state index is 9.42. The molecule has 8 nitrogen and oxygen atoms in total. The minimum atomic E-state index is 0.356. The number of fused-ring (bicyclic) bond motifs is 2. The van der Waals surface area contributed by atoms with E-state index in [1.807, 2.05) is 13.0 Å². The van der Waals surface area contributed by atoms with E-state index in [4.69, 9.17) is 10.5 Å². The Bertz CT molecular complexity index is 1040. The standard InChI is InChI=1S/C19H19N7O/c1-2-27-12-3-13(19-11(4-20)5-24-26(19)8-12)16-6-23-17(7-22-16)25-9-14-15(10-25)18(14)21/h3,5-8,14-15,18H,2,9-10,21H2,1H3. The molecule has 2 N–H and O–H groups in total. The molecule has 1 saturated heterocycles. The van der Waals surface area contributed by atoms with E-state index in [0.29, 0.717) is 47.0 Å². The van der Waals surface area contributed by atoms with E-state index in [-0.39, 0.29) is 0 Å². The fraction of sp³-hybridized carbons (Fsp3) is 0.368. The van der Waals surface area contributed by atoms with E-state index in [1.54, 1.807) is 29.3 Å². The molecule has 1 saturated carbocycles. The van der Waals surface area contributed by atoms with E-state index < -0.39 is 0 Å². The Labute approximate surface area is 156 Å². The molecule has 0 radical (unpaired) electrons. The SMILES string of the molecule is CCOc1cc(-c2cnc(N3CC4C(N)C4C3)cn2)c2c(C#N)cnn2c1. The van der Waals surface area contributed by atoms with Crippen molar-refractivity contribution in [3.8, 4) is 23.1 Å². The molecule has 2 aliphatic rings. The molecule has 0 aromatic carbocycles. The van der Waals surface area contributed by atoms with Crippen LogP contribution < -0.4 is 15.4 Å². The lowest BCUT2D eigenvalue weighted by molar-refractivity contribution is 0.338. The summed E-state index contributed by atoms with van der Waals surface area (Å²) < 4.78 is 7.30. The second-order valence-electron chi connectivity index (χ2n) is 7.06. The third kappa shape index (κ3) is 2.51. The van der Waals surface area contributed by atoms with Gasteiger partial charge < -0.3 is 15.4 Å². The van der Waals surface area contributed by atoms with Gasteiger partial charge in [-0.05, 0) is 24.8 Å². The molecule has 0 bridgehead atoms. The first-order valence-corrected chi connectivity index (χ1v) is 9.07. The summed E-state index contributed by atoms with van der Waals surface area (Å²) in [4.78, 5) is 11.5. The van der Waals surface area contributed by atoms with Gasteiger partial charge in [0.15, 0.2) is 0 Å². The minimum absolute atomic E-state index is 0.356. The number of hydrogen-bond donors (Lipinski definition) is 1. The largest absolute Gasteiger partial charge is 0.492 e. The number of rotatable bonds is 4. The maximum Gasteiger partial charge on any atom is 0.147 e. The first-order chi connectivity index (χ1) is 13.2. The van der Waals surface area contributed by atoms with Gasteiger partial charge in [0.2, 0.25) is 0 Å². The van der Waals surface area contributed by atoms with E-state index in [9.17, 15) is 5.26 Å². The fourth-order valence-electron chi connectivity index (χ4n) is 4.00. The van der Waals surface area contributed by atoms with E-state index >= 15 is 0 Å². The molecule has 2 fully saturated rings. The highest BCUT2D eigenvalue weighted by atomic mass is 16.5. The van der Waals surface area contributed by atoms with Crippen LogP contribution in [0, 0.1) is 23.2 Å². The van der Waals surface area contributed by atoms with Crippen LogP contribution in [0.1, 0.15) is 12.5 Å². The molecular weight excluding hydrogens is 342 g/mol. The smallest absolute Gasteiger partial charge is 0.147 e. The Balaban J connectivity index is 1.52. The Morgan fingerprint density at radius 1 is 1.26 bits per heavy atom. The molecule has 3 aromatic rings. The van der Waals surface area contributed by atoms with Crippen molar-refractivity contribution in [1.82, 2.24) is 19.6 Å². The van der Waals surface area contributed by atoms with Crippen molar-refractivity contribution in [3.63, 3.8) is 0 Å². The number of ether oxygens (including phenoxy) is 1. The molecule has 0 spiro atoms. The zero-order chi connectivity index (χ0) is 18.5. The van der Waals surface area contributed by atoms with Crippen LogP contribution in [-0.4, -0.2) is 45.3 Å². The molecule has 27 heavy (non-hydrogen) atoms. The molecule has 1 aliphatic heterocycles. The van der Waals surface area contributed by atoms with Crippen molar-refractivity contribution < 1.29 is 4.74 Å². The number of piperidine rings is 1. The number of nitriles is 1. The average Bonchev–Trinajstić information content (AvgIpc) is 3.09. The molecule has 8 heteroatoms. The topological polar surface area (TPSA) is 105 Å². The summed E-state index contributed by atoms with van der Waals surface area (Å²) in [6.45, 7) is 4.37. The molecule has 2 unspecified atom stereocenters. The number of hydrogen-bond acceptors (Lipinski definition) is 7. The van der Waals surface area contributed by atoms with Crippen LogP contribution in [0.3, 0.4) is 0 Å². The summed E-state index contributed by atoms with van der Waals surface area (Å²) in [6.07, 6.45) is 6.86. The number of nitrogens with two attached hydrogens (primary N) is 1. The van der Waals surface area contributed by atoms with Crippen LogP contribution in [0.5, 0.6) is 5.75 Å². The first-order valence-electron chi connectivity index (χ1n) is 9.07. The predicted octanol–water partition coefficient (Wildman–Crippen LogP) is 1.45. The predicted molar refractivity (Wildman–Crippen MR) is 99.3 cm³/mol. The highest BCUT2D eigenvalue weighted by Crippen LogP contribution is 2.44. The van der Waals surface area contributed by atoms with E-state index in [0.717, 1.165) is 24.5 Å². The van der Waals surface area contributed by atoms with Gasteiger partial charge >= 0.3 is 0 Å². The summed E-state index contributed by atoms with van der Waals surface area (Å²) in [6, 6.07) is 4.43. The van der Waals surface area contributed by atoms with Crippen LogP contribution in [0.15, 0.2) is 30.9 Å². The summed E-state index contributed by atoms with van der Waals surface area (Å²) in [7, 11) is 0. The van der Waals surface area contributed by atoms with Gasteiger partial charge in [-0.3, -0.25) is 4.98 Å². The van der Waals surface area contributed by atoms with Crippen LogP contribution in [0.4, 0.5) is 5.82 Å². The average molecular weight is 361 g/mol. The van der Waals surface area contributed by atoms with E-state index in [2.05, 4.69) is 26.0 Å². The second-order valence-corrected chi connectivity index (χ2v) is 7.06. The van der Waals surface area contributed by atoms with Crippen LogP contribution in [0.2, 0.25) is 0 Å². The Morgan fingerprint density at radius 2 is 2.07 bits per heavy atom. The van der Waals surface area contributed by atoms with Gasteiger partial charge in [-0.25, -0.2) is 9.50 Å². The second kappa shape index (κ2) is 5.93. The summed E-state index contributed by atoms with van der Waals surface area (Å²) >= 11 is 0. The van der Waals surface area contributed by atoms with Gasteiger partial charge in [-0.2, -0.15) is 10.4 Å². The molecule has 1 aliphatic carbocycles. The van der Waals surface area contributed by atoms with Crippen molar-refractivity contribution in [2.45, 2.75) is 13.0 Å². The van der Waals surface area contributed by atoms with Gasteiger partial charge in [0.25, 0.3) is 0 Å². The number of aromatic nitrogens is 4. The number of anilines is 1. The fourth-order valence-corrected chi connectivity index (χ4v) is 4.00. The molecule has 4 heterocycles. The molecule has 5 rings (SSSR count). The Kier molecular flexibility index (Phi) is 3.52. The highest BCUT2D eigenvalue weighted by molar-refractivity contribution is 5.83. The zero-order valence-corrected chi connectivity index (χ0v) is 14.9. The molecule has 136 valence electrons. The molecule has 3 aromatic heterocycles. The van der Waals surface area contributed by atoms with Crippen LogP contribution in [-0.2, 0) is 0 Å². The summed E-state index contributed by atoms with van der Waals surface area (Å²) in [5, 5.41) is 13.7. The lowest BCUT2D eigenvalue weighted by atomic mass is 10.1. The maximum atomic E-state index is 9.42.